The zero-order chi connectivity index (χ0) is 14.5. The number of rotatable bonds is 4. The number of nitrogens with zero attached hydrogens (tertiary/aromatic N) is 3. The zero-order valence-corrected chi connectivity index (χ0v) is 11.0. The van der Waals surface area contributed by atoms with E-state index in [2.05, 4.69) is 15.0 Å². The van der Waals surface area contributed by atoms with Crippen molar-refractivity contribution in [1.29, 1.82) is 0 Å². The van der Waals surface area contributed by atoms with E-state index in [1.807, 2.05) is 31.2 Å². The molecule has 0 aliphatic rings. The lowest BCUT2D eigenvalue weighted by Gasteiger charge is -2.05. The van der Waals surface area contributed by atoms with Crippen molar-refractivity contribution >= 4 is 17.9 Å². The van der Waals surface area contributed by atoms with Gasteiger partial charge >= 0.3 is 5.97 Å². The van der Waals surface area contributed by atoms with Crippen molar-refractivity contribution in [2.75, 3.05) is 11.5 Å². The van der Waals surface area contributed by atoms with Crippen LogP contribution < -0.4 is 11.5 Å². The average Bonchev–Trinajstić information content (AvgIpc) is 2.38. The van der Waals surface area contributed by atoms with Gasteiger partial charge in [0.2, 0.25) is 11.9 Å². The molecule has 0 unspecified atom stereocenters. The molecule has 0 saturated heterocycles. The second-order valence-electron chi connectivity index (χ2n) is 4.29. The van der Waals surface area contributed by atoms with Crippen LogP contribution in [0.4, 0.5) is 11.9 Å². The molecule has 1 aromatic heterocycles. The summed E-state index contributed by atoms with van der Waals surface area (Å²) >= 11 is 0. The Hall–Kier alpha value is -2.70. The lowest BCUT2D eigenvalue weighted by molar-refractivity contribution is -0.144. The molecular weight excluding hydrogens is 258 g/mol. The zero-order valence-electron chi connectivity index (χ0n) is 11.0. The van der Waals surface area contributed by atoms with Crippen molar-refractivity contribution in [2.45, 2.75) is 20.0 Å². The van der Waals surface area contributed by atoms with Gasteiger partial charge in [-0.05, 0) is 12.5 Å². The van der Waals surface area contributed by atoms with Gasteiger partial charge in [-0.1, -0.05) is 29.8 Å². The quantitative estimate of drug-likeness (QED) is 0.784. The molecule has 1 heterocycles. The summed E-state index contributed by atoms with van der Waals surface area (Å²) in [5.41, 5.74) is 12.9. The standard InChI is InChI=1S/C13H15N5O2/c1-8-2-4-9(5-3-8)6-11(19)20-7-10-16-12(14)18-13(15)17-10/h2-5H,6-7H2,1H3,(H4,14,15,16,17,18). The highest BCUT2D eigenvalue weighted by Gasteiger charge is 2.08. The van der Waals surface area contributed by atoms with Crippen molar-refractivity contribution in [1.82, 2.24) is 15.0 Å². The van der Waals surface area contributed by atoms with E-state index in [1.54, 1.807) is 0 Å². The molecule has 4 N–H and O–H groups in total. The van der Waals surface area contributed by atoms with E-state index in [-0.39, 0.29) is 36.7 Å². The van der Waals surface area contributed by atoms with Crippen LogP contribution in [0.2, 0.25) is 0 Å². The number of carbonyl (C=O) groups is 1. The predicted octanol–water partition coefficient (Wildman–Crippen LogP) is 0.630. The van der Waals surface area contributed by atoms with Gasteiger partial charge < -0.3 is 16.2 Å². The van der Waals surface area contributed by atoms with Gasteiger partial charge in [-0.25, -0.2) is 0 Å². The molecular formula is C13H15N5O2. The molecule has 104 valence electrons. The summed E-state index contributed by atoms with van der Waals surface area (Å²) < 4.78 is 5.07. The molecule has 0 bridgehead atoms. The van der Waals surface area contributed by atoms with Gasteiger partial charge in [0.05, 0.1) is 6.42 Å². The molecule has 7 nitrogen and oxygen atoms in total. The van der Waals surface area contributed by atoms with Gasteiger partial charge in [-0.3, -0.25) is 4.79 Å². The third kappa shape index (κ3) is 3.91. The van der Waals surface area contributed by atoms with Crippen LogP contribution in [0.5, 0.6) is 0 Å². The van der Waals surface area contributed by atoms with E-state index in [0.717, 1.165) is 11.1 Å². The Kier molecular flexibility index (Phi) is 4.09. The minimum absolute atomic E-state index is 0.00193. The summed E-state index contributed by atoms with van der Waals surface area (Å²) in [5, 5.41) is 0. The first-order valence-corrected chi connectivity index (χ1v) is 6.00. The Morgan fingerprint density at radius 3 is 2.30 bits per heavy atom. The van der Waals surface area contributed by atoms with Crippen molar-refractivity contribution in [3.05, 3.63) is 41.2 Å². The fourth-order valence-electron chi connectivity index (χ4n) is 1.59. The number of aryl methyl sites for hydroxylation is 1. The first-order valence-electron chi connectivity index (χ1n) is 6.00. The highest BCUT2D eigenvalue weighted by molar-refractivity contribution is 5.72. The number of benzene rings is 1. The van der Waals surface area contributed by atoms with Gasteiger partial charge in [0.25, 0.3) is 0 Å². The maximum atomic E-state index is 11.7. The van der Waals surface area contributed by atoms with E-state index in [9.17, 15) is 4.79 Å². The van der Waals surface area contributed by atoms with Crippen LogP contribution in [0, 0.1) is 6.92 Å². The molecule has 0 spiro atoms. The molecule has 1 aromatic carbocycles. The Balaban J connectivity index is 1.90. The van der Waals surface area contributed by atoms with Crippen LogP contribution in [0.15, 0.2) is 24.3 Å². The van der Waals surface area contributed by atoms with Crippen molar-refractivity contribution in [2.24, 2.45) is 0 Å². The Morgan fingerprint density at radius 1 is 1.10 bits per heavy atom. The summed E-state index contributed by atoms with van der Waals surface area (Å²) in [5.74, 6) is -0.136. The van der Waals surface area contributed by atoms with Crippen LogP contribution in [0.25, 0.3) is 0 Å². The molecule has 0 saturated carbocycles. The van der Waals surface area contributed by atoms with Gasteiger partial charge in [-0.15, -0.1) is 0 Å². The van der Waals surface area contributed by atoms with Crippen LogP contribution >= 0.6 is 0 Å². The Bertz CT molecular complexity index is 592. The summed E-state index contributed by atoms with van der Waals surface area (Å²) in [4.78, 5) is 23.0. The number of nitrogen functional groups attached to an aromatic ring is 2. The molecule has 20 heavy (non-hydrogen) atoms. The van der Waals surface area contributed by atoms with E-state index in [1.165, 1.54) is 0 Å². The molecule has 2 aromatic rings. The molecule has 0 aliphatic heterocycles. The Labute approximate surface area is 116 Å². The smallest absolute Gasteiger partial charge is 0.310 e. The van der Waals surface area contributed by atoms with Gasteiger partial charge in [0.15, 0.2) is 12.4 Å². The summed E-state index contributed by atoms with van der Waals surface area (Å²) in [6.07, 6.45) is 0.191. The summed E-state index contributed by atoms with van der Waals surface area (Å²) in [6, 6.07) is 7.65. The van der Waals surface area contributed by atoms with Crippen molar-refractivity contribution in [3.63, 3.8) is 0 Å². The number of esters is 1. The number of hydrogen-bond acceptors (Lipinski definition) is 7. The minimum Gasteiger partial charge on any atom is -0.457 e. The molecule has 0 amide bonds. The van der Waals surface area contributed by atoms with E-state index < -0.39 is 0 Å². The number of hydrogen-bond donors (Lipinski definition) is 2. The highest BCUT2D eigenvalue weighted by Crippen LogP contribution is 2.06. The second kappa shape index (κ2) is 5.96. The fourth-order valence-corrected chi connectivity index (χ4v) is 1.59. The average molecular weight is 273 g/mol. The number of aromatic nitrogens is 3. The number of anilines is 2. The number of nitrogens with two attached hydrogens (primary N) is 2. The largest absolute Gasteiger partial charge is 0.457 e. The monoisotopic (exact) mass is 273 g/mol. The van der Waals surface area contributed by atoms with Crippen LogP contribution in [-0.4, -0.2) is 20.9 Å². The first kappa shape index (κ1) is 13.7. The van der Waals surface area contributed by atoms with Gasteiger partial charge in [0, 0.05) is 0 Å². The van der Waals surface area contributed by atoms with Gasteiger partial charge in [0.1, 0.15) is 0 Å². The predicted molar refractivity (Wildman–Crippen MR) is 73.3 cm³/mol. The second-order valence-corrected chi connectivity index (χ2v) is 4.29. The number of ether oxygens (including phenoxy) is 1. The maximum absolute atomic E-state index is 11.7. The van der Waals surface area contributed by atoms with Gasteiger partial charge in [-0.2, -0.15) is 15.0 Å². The molecule has 0 fully saturated rings. The molecule has 0 atom stereocenters. The maximum Gasteiger partial charge on any atom is 0.310 e. The topological polar surface area (TPSA) is 117 Å². The van der Waals surface area contributed by atoms with E-state index in [4.69, 9.17) is 16.2 Å². The molecule has 0 aliphatic carbocycles. The minimum atomic E-state index is -0.369. The SMILES string of the molecule is Cc1ccc(CC(=O)OCc2nc(N)nc(N)n2)cc1. The van der Waals surface area contributed by atoms with Crippen LogP contribution in [-0.2, 0) is 22.6 Å². The van der Waals surface area contributed by atoms with Crippen molar-refractivity contribution < 1.29 is 9.53 Å². The van der Waals surface area contributed by atoms with Crippen LogP contribution in [0.3, 0.4) is 0 Å². The molecule has 7 heteroatoms. The molecule has 0 radical (unpaired) electrons. The third-order valence-corrected chi connectivity index (χ3v) is 2.55. The lowest BCUT2D eigenvalue weighted by Crippen LogP contribution is -2.12. The first-order chi connectivity index (χ1) is 9.52. The Morgan fingerprint density at radius 2 is 1.70 bits per heavy atom. The highest BCUT2D eigenvalue weighted by atomic mass is 16.5. The van der Waals surface area contributed by atoms with E-state index >= 15 is 0 Å². The van der Waals surface area contributed by atoms with Crippen LogP contribution in [0.1, 0.15) is 17.0 Å². The molecule has 2 rings (SSSR count). The van der Waals surface area contributed by atoms with Crippen molar-refractivity contribution in [3.8, 4) is 0 Å². The number of carbonyl (C=O) groups excluding carboxylic acids is 1. The third-order valence-electron chi connectivity index (χ3n) is 2.55. The summed E-state index contributed by atoms with van der Waals surface area (Å²) in [7, 11) is 0. The van der Waals surface area contributed by atoms with E-state index in [0.29, 0.717) is 0 Å². The normalized spacial score (nSPS) is 10.2. The lowest BCUT2D eigenvalue weighted by atomic mass is 10.1. The fraction of sp³-hybridized carbons (Fsp3) is 0.231. The summed E-state index contributed by atoms with van der Waals surface area (Å²) in [6.45, 7) is 1.90.